The van der Waals surface area contributed by atoms with E-state index in [9.17, 15) is 0 Å². The van der Waals surface area contributed by atoms with Crippen molar-refractivity contribution < 1.29 is 0 Å². The first kappa shape index (κ1) is 12.0. The molecule has 0 amide bonds. The molecule has 0 aromatic heterocycles. The van der Waals surface area contributed by atoms with Gasteiger partial charge in [0.1, 0.15) is 0 Å². The molecule has 1 atom stereocenters. The standard InChI is InChI=1S/C12H25/c1-4-6-7-8-9-11-12(3)10-5-2/h4,12H,5-11H2,1-3H3. The van der Waals surface area contributed by atoms with E-state index >= 15 is 0 Å². The molecule has 0 heteroatoms. The lowest BCUT2D eigenvalue weighted by atomic mass is 9.98. The molecule has 0 saturated carbocycles. The van der Waals surface area contributed by atoms with Crippen LogP contribution in [-0.2, 0) is 0 Å². The van der Waals surface area contributed by atoms with E-state index in [0.29, 0.717) is 0 Å². The molecule has 0 aliphatic rings. The smallest absolute Gasteiger partial charge is 0.0417 e. The molecule has 73 valence electrons. The lowest BCUT2D eigenvalue weighted by Gasteiger charge is -2.08. The molecule has 0 nitrogen and oxygen atoms in total. The van der Waals surface area contributed by atoms with Crippen molar-refractivity contribution in [3.05, 3.63) is 6.42 Å². The summed E-state index contributed by atoms with van der Waals surface area (Å²) < 4.78 is 0. The SMILES string of the molecule is C[CH]CCCCCC(C)CCC. The first-order chi connectivity index (χ1) is 5.81. The van der Waals surface area contributed by atoms with Crippen LogP contribution in [0.3, 0.4) is 0 Å². The van der Waals surface area contributed by atoms with Gasteiger partial charge in [0.05, 0.1) is 0 Å². The minimum Gasteiger partial charge on any atom is -0.0654 e. The lowest BCUT2D eigenvalue weighted by molar-refractivity contribution is 0.456. The summed E-state index contributed by atoms with van der Waals surface area (Å²) in [6.07, 6.45) is 12.1. The molecule has 1 unspecified atom stereocenters. The van der Waals surface area contributed by atoms with Crippen molar-refractivity contribution in [3.8, 4) is 0 Å². The van der Waals surface area contributed by atoms with Crippen molar-refractivity contribution >= 4 is 0 Å². The third kappa shape index (κ3) is 8.10. The van der Waals surface area contributed by atoms with E-state index in [-0.39, 0.29) is 0 Å². The molecule has 1 radical (unpaired) electrons. The first-order valence-electron chi connectivity index (χ1n) is 5.59. The summed E-state index contributed by atoms with van der Waals surface area (Å²) in [6, 6.07) is 0. The predicted molar refractivity (Wildman–Crippen MR) is 57.1 cm³/mol. The van der Waals surface area contributed by atoms with E-state index in [1.165, 1.54) is 44.9 Å². The van der Waals surface area contributed by atoms with Crippen LogP contribution in [0, 0.1) is 12.3 Å². The number of hydrogen-bond donors (Lipinski definition) is 0. The fourth-order valence-electron chi connectivity index (χ4n) is 1.66. The Labute approximate surface area is 78.8 Å². The van der Waals surface area contributed by atoms with Gasteiger partial charge in [-0.3, -0.25) is 0 Å². The fourth-order valence-corrected chi connectivity index (χ4v) is 1.66. The highest BCUT2D eigenvalue weighted by Crippen LogP contribution is 2.15. The zero-order valence-corrected chi connectivity index (χ0v) is 9.10. The van der Waals surface area contributed by atoms with Crippen LogP contribution in [0.25, 0.3) is 0 Å². The van der Waals surface area contributed by atoms with Crippen molar-refractivity contribution in [2.75, 3.05) is 0 Å². The minimum absolute atomic E-state index is 0.959. The average molecular weight is 169 g/mol. The molecule has 0 heterocycles. The zero-order valence-electron chi connectivity index (χ0n) is 9.10. The average Bonchev–Trinajstić information content (AvgIpc) is 2.05. The summed E-state index contributed by atoms with van der Waals surface area (Å²) >= 11 is 0. The maximum atomic E-state index is 2.38. The summed E-state index contributed by atoms with van der Waals surface area (Å²) in [5.74, 6) is 0.959. The van der Waals surface area contributed by atoms with Gasteiger partial charge in [-0.2, -0.15) is 0 Å². The summed E-state index contributed by atoms with van der Waals surface area (Å²) in [5, 5.41) is 0. The van der Waals surface area contributed by atoms with Crippen LogP contribution in [0.4, 0.5) is 0 Å². The van der Waals surface area contributed by atoms with Crippen LogP contribution < -0.4 is 0 Å². The number of rotatable bonds is 8. The Balaban J connectivity index is 2.97. The van der Waals surface area contributed by atoms with Crippen LogP contribution in [0.1, 0.15) is 65.7 Å². The van der Waals surface area contributed by atoms with Crippen LogP contribution in [0.15, 0.2) is 0 Å². The second kappa shape index (κ2) is 9.09. The van der Waals surface area contributed by atoms with Crippen molar-refractivity contribution in [3.63, 3.8) is 0 Å². The van der Waals surface area contributed by atoms with Crippen LogP contribution in [-0.4, -0.2) is 0 Å². The number of unbranched alkanes of at least 4 members (excludes halogenated alkanes) is 4. The van der Waals surface area contributed by atoms with Crippen LogP contribution in [0.2, 0.25) is 0 Å². The van der Waals surface area contributed by atoms with Crippen molar-refractivity contribution in [2.45, 2.75) is 65.7 Å². The van der Waals surface area contributed by atoms with Gasteiger partial charge in [-0.05, 0) is 12.3 Å². The molecule has 0 aromatic carbocycles. The van der Waals surface area contributed by atoms with Gasteiger partial charge in [0, 0.05) is 0 Å². The summed E-state index contributed by atoms with van der Waals surface area (Å²) in [6.45, 7) is 6.82. The van der Waals surface area contributed by atoms with E-state index in [2.05, 4.69) is 27.2 Å². The molecule has 0 spiro atoms. The molecule has 0 N–H and O–H groups in total. The van der Waals surface area contributed by atoms with Gasteiger partial charge in [-0.1, -0.05) is 65.7 Å². The molecule has 0 bridgehead atoms. The maximum absolute atomic E-state index is 2.38. The molecule has 0 saturated heterocycles. The van der Waals surface area contributed by atoms with Gasteiger partial charge in [-0.15, -0.1) is 0 Å². The highest BCUT2D eigenvalue weighted by Gasteiger charge is 1.99. The molecular weight excluding hydrogens is 144 g/mol. The van der Waals surface area contributed by atoms with E-state index < -0.39 is 0 Å². The van der Waals surface area contributed by atoms with Gasteiger partial charge in [0.25, 0.3) is 0 Å². The third-order valence-electron chi connectivity index (χ3n) is 2.47. The van der Waals surface area contributed by atoms with Gasteiger partial charge < -0.3 is 0 Å². The molecule has 0 aliphatic carbocycles. The summed E-state index contributed by atoms with van der Waals surface area (Å²) in [7, 11) is 0. The molecule has 0 aromatic rings. The fraction of sp³-hybridized carbons (Fsp3) is 0.917. The molecular formula is C12H25. The maximum Gasteiger partial charge on any atom is -0.0417 e. The summed E-state index contributed by atoms with van der Waals surface area (Å²) in [5.41, 5.74) is 0. The zero-order chi connectivity index (χ0) is 9.23. The lowest BCUT2D eigenvalue weighted by Crippen LogP contribution is -1.93. The third-order valence-corrected chi connectivity index (χ3v) is 2.47. The molecule has 0 aliphatic heterocycles. The van der Waals surface area contributed by atoms with Crippen LogP contribution >= 0.6 is 0 Å². The Morgan fingerprint density at radius 3 is 2.42 bits per heavy atom. The van der Waals surface area contributed by atoms with Gasteiger partial charge in [-0.25, -0.2) is 0 Å². The topological polar surface area (TPSA) is 0 Å². The van der Waals surface area contributed by atoms with E-state index in [0.717, 1.165) is 5.92 Å². The van der Waals surface area contributed by atoms with E-state index in [1.54, 1.807) is 0 Å². The largest absolute Gasteiger partial charge is 0.0654 e. The van der Waals surface area contributed by atoms with Crippen molar-refractivity contribution in [1.29, 1.82) is 0 Å². The molecule has 0 rings (SSSR count). The first-order valence-corrected chi connectivity index (χ1v) is 5.59. The quantitative estimate of drug-likeness (QED) is 0.466. The second-order valence-corrected chi connectivity index (χ2v) is 3.94. The van der Waals surface area contributed by atoms with E-state index in [4.69, 9.17) is 0 Å². The van der Waals surface area contributed by atoms with Gasteiger partial charge in [0.15, 0.2) is 0 Å². The normalized spacial score (nSPS) is 13.2. The molecule has 0 fully saturated rings. The van der Waals surface area contributed by atoms with Crippen molar-refractivity contribution in [2.24, 2.45) is 5.92 Å². The Bertz CT molecular complexity index is 76.1. The Kier molecular flexibility index (Phi) is 9.09. The Morgan fingerprint density at radius 2 is 1.83 bits per heavy atom. The number of hydrogen-bond acceptors (Lipinski definition) is 0. The monoisotopic (exact) mass is 169 g/mol. The Morgan fingerprint density at radius 1 is 1.08 bits per heavy atom. The van der Waals surface area contributed by atoms with Crippen LogP contribution in [0.5, 0.6) is 0 Å². The van der Waals surface area contributed by atoms with Gasteiger partial charge in [0.2, 0.25) is 0 Å². The minimum atomic E-state index is 0.959. The Hall–Kier alpha value is 0. The predicted octanol–water partition coefficient (Wildman–Crippen LogP) is 4.60. The van der Waals surface area contributed by atoms with E-state index in [1.807, 2.05) is 0 Å². The highest BCUT2D eigenvalue weighted by molar-refractivity contribution is 4.57. The second-order valence-electron chi connectivity index (χ2n) is 3.94. The molecule has 12 heavy (non-hydrogen) atoms. The van der Waals surface area contributed by atoms with Gasteiger partial charge >= 0.3 is 0 Å². The van der Waals surface area contributed by atoms with Crippen molar-refractivity contribution in [1.82, 2.24) is 0 Å². The summed E-state index contributed by atoms with van der Waals surface area (Å²) in [4.78, 5) is 0. The highest BCUT2D eigenvalue weighted by atomic mass is 14.0.